The molecular weight excluding hydrogens is 408 g/mol. The number of nitrogens with one attached hydrogen (secondary N) is 1. The van der Waals surface area contributed by atoms with Crippen molar-refractivity contribution < 1.29 is 9.59 Å². The average Bonchev–Trinajstić information content (AvgIpc) is 3.17. The van der Waals surface area contributed by atoms with E-state index in [9.17, 15) is 9.59 Å². The fourth-order valence-electron chi connectivity index (χ4n) is 6.45. The van der Waals surface area contributed by atoms with Gasteiger partial charge in [-0.3, -0.25) is 9.59 Å². The highest BCUT2D eigenvalue weighted by atomic mass is 32.2. The molecule has 0 spiro atoms. The number of thioether (sulfide) groups is 1. The van der Waals surface area contributed by atoms with Gasteiger partial charge in [0.1, 0.15) is 0 Å². The van der Waals surface area contributed by atoms with E-state index in [0.29, 0.717) is 24.4 Å². The molecule has 6 rings (SSSR count). The quantitative estimate of drug-likeness (QED) is 0.496. The summed E-state index contributed by atoms with van der Waals surface area (Å²) in [6.45, 7) is 3.14. The van der Waals surface area contributed by atoms with Gasteiger partial charge in [0.05, 0.1) is 12.3 Å². The molecule has 4 bridgehead atoms. The molecule has 0 radical (unpaired) electrons. The lowest BCUT2D eigenvalue weighted by Gasteiger charge is -2.55. The molecular formula is C24H30N4O2S. The number of aromatic nitrogens is 3. The maximum absolute atomic E-state index is 13.2. The molecule has 4 saturated carbocycles. The molecule has 31 heavy (non-hydrogen) atoms. The molecule has 1 heterocycles. The second-order valence-corrected chi connectivity index (χ2v) is 10.5. The van der Waals surface area contributed by atoms with Crippen molar-refractivity contribution in [3.8, 4) is 0 Å². The summed E-state index contributed by atoms with van der Waals surface area (Å²) in [6, 6.07) is 9.31. The Labute approximate surface area is 187 Å². The zero-order valence-corrected chi connectivity index (χ0v) is 18.9. The maximum Gasteiger partial charge on any atom is 0.226 e. The van der Waals surface area contributed by atoms with Crippen LogP contribution in [-0.4, -0.2) is 32.2 Å². The van der Waals surface area contributed by atoms with Gasteiger partial charge in [0.15, 0.2) is 16.8 Å². The molecule has 0 atom stereocenters. The third-order valence-electron chi connectivity index (χ3n) is 7.46. The van der Waals surface area contributed by atoms with E-state index in [1.54, 1.807) is 0 Å². The van der Waals surface area contributed by atoms with E-state index >= 15 is 0 Å². The Kier molecular flexibility index (Phi) is 5.63. The molecule has 0 unspecified atom stereocenters. The van der Waals surface area contributed by atoms with Gasteiger partial charge in [-0.2, -0.15) is 0 Å². The van der Waals surface area contributed by atoms with Gasteiger partial charge in [-0.05, 0) is 63.2 Å². The molecule has 6 nitrogen and oxygen atoms in total. The number of hydrogen-bond donors (Lipinski definition) is 1. The Balaban J connectivity index is 1.21. The highest BCUT2D eigenvalue weighted by Gasteiger charge is 2.54. The van der Waals surface area contributed by atoms with E-state index in [1.807, 2.05) is 41.8 Å². The minimum atomic E-state index is -0.147. The number of Topliss-reactive ketones (excluding diaryl/α,β-unsaturated/α-hetero) is 1. The number of ketones is 1. The normalized spacial score (nSPS) is 28.6. The van der Waals surface area contributed by atoms with Gasteiger partial charge in [-0.15, -0.1) is 10.2 Å². The summed E-state index contributed by atoms with van der Waals surface area (Å²) in [5.41, 5.74) is 0.562. The van der Waals surface area contributed by atoms with Gasteiger partial charge in [0.25, 0.3) is 0 Å². The Bertz CT molecular complexity index is 936. The Hall–Kier alpha value is -2.15. The van der Waals surface area contributed by atoms with Gasteiger partial charge in [0.2, 0.25) is 5.91 Å². The molecule has 4 aliphatic rings. The summed E-state index contributed by atoms with van der Waals surface area (Å²) in [5.74, 6) is 3.63. The largest absolute Gasteiger partial charge is 0.348 e. The first-order valence-corrected chi connectivity index (χ1v) is 12.5. The van der Waals surface area contributed by atoms with Gasteiger partial charge < -0.3 is 9.88 Å². The van der Waals surface area contributed by atoms with Crippen molar-refractivity contribution >= 4 is 23.5 Å². The van der Waals surface area contributed by atoms with Crippen molar-refractivity contribution in [1.29, 1.82) is 0 Å². The van der Waals surface area contributed by atoms with E-state index in [0.717, 1.165) is 48.0 Å². The minimum absolute atomic E-state index is 0.0768. The van der Waals surface area contributed by atoms with E-state index in [1.165, 1.54) is 31.0 Å². The molecule has 0 saturated heterocycles. The first kappa shape index (κ1) is 20.7. The lowest BCUT2D eigenvalue weighted by molar-refractivity contribution is -0.146. The van der Waals surface area contributed by atoms with Crippen molar-refractivity contribution in [2.24, 2.45) is 23.2 Å². The Morgan fingerprint density at radius 1 is 1.06 bits per heavy atom. The number of benzene rings is 1. The van der Waals surface area contributed by atoms with E-state index in [4.69, 9.17) is 0 Å². The van der Waals surface area contributed by atoms with Crippen molar-refractivity contribution in [3.63, 3.8) is 0 Å². The standard InChI is InChI=1S/C24H30N4O2S/c1-2-28-21(26-27-23(28)31-15-20(29)19-6-4-3-5-7-19)14-25-22(30)24-11-16-8-17(12-24)10-18(9-16)13-24/h3-7,16-18H,2,8-15H2,1H3,(H,25,30). The molecule has 4 aliphatic carbocycles. The lowest BCUT2D eigenvalue weighted by Crippen LogP contribution is -2.53. The van der Waals surface area contributed by atoms with Crippen molar-refractivity contribution in [1.82, 2.24) is 20.1 Å². The smallest absolute Gasteiger partial charge is 0.226 e. The molecule has 2 aromatic rings. The number of hydrogen-bond acceptors (Lipinski definition) is 5. The number of nitrogens with zero attached hydrogens (tertiary/aromatic N) is 3. The van der Waals surface area contributed by atoms with E-state index in [2.05, 4.69) is 15.5 Å². The Morgan fingerprint density at radius 3 is 2.32 bits per heavy atom. The van der Waals surface area contributed by atoms with Gasteiger partial charge in [0, 0.05) is 17.5 Å². The van der Waals surface area contributed by atoms with Crippen LogP contribution >= 0.6 is 11.8 Å². The molecule has 4 fully saturated rings. The predicted molar refractivity (Wildman–Crippen MR) is 120 cm³/mol. The summed E-state index contributed by atoms with van der Waals surface area (Å²) in [5, 5.41) is 12.5. The average molecular weight is 439 g/mol. The van der Waals surface area contributed by atoms with Crippen molar-refractivity contribution in [3.05, 3.63) is 41.7 Å². The molecule has 1 amide bonds. The highest BCUT2D eigenvalue weighted by molar-refractivity contribution is 7.99. The van der Waals surface area contributed by atoms with Crippen molar-refractivity contribution in [2.45, 2.75) is 63.7 Å². The molecule has 0 aliphatic heterocycles. The second kappa shape index (κ2) is 8.41. The van der Waals surface area contributed by atoms with Crippen LogP contribution in [0.5, 0.6) is 0 Å². The van der Waals surface area contributed by atoms with Gasteiger partial charge >= 0.3 is 0 Å². The summed E-state index contributed by atoms with van der Waals surface area (Å²) in [4.78, 5) is 25.6. The Morgan fingerprint density at radius 2 is 1.71 bits per heavy atom. The number of carbonyl (C=O) groups is 2. The third kappa shape index (κ3) is 4.04. The number of amides is 1. The third-order valence-corrected chi connectivity index (χ3v) is 8.43. The van der Waals surface area contributed by atoms with Crippen LogP contribution in [0.4, 0.5) is 0 Å². The minimum Gasteiger partial charge on any atom is -0.348 e. The molecule has 7 heteroatoms. The van der Waals surface area contributed by atoms with Crippen molar-refractivity contribution in [2.75, 3.05) is 5.75 Å². The van der Waals surface area contributed by atoms with Crippen LogP contribution in [0, 0.1) is 23.2 Å². The molecule has 1 aromatic heterocycles. The summed E-state index contributed by atoms with van der Waals surface area (Å²) in [6.07, 6.45) is 7.19. The predicted octanol–water partition coefficient (Wildman–Crippen LogP) is 4.11. The first-order chi connectivity index (χ1) is 15.1. The fraction of sp³-hybridized carbons (Fsp3) is 0.583. The van der Waals surface area contributed by atoms with Crippen LogP contribution < -0.4 is 5.32 Å². The van der Waals surface area contributed by atoms with Crippen LogP contribution in [0.1, 0.15) is 61.6 Å². The number of rotatable bonds is 8. The summed E-state index contributed by atoms with van der Waals surface area (Å²) < 4.78 is 2.00. The van der Waals surface area contributed by atoms with Crippen LogP contribution in [-0.2, 0) is 17.9 Å². The first-order valence-electron chi connectivity index (χ1n) is 11.5. The van der Waals surface area contributed by atoms with Crippen LogP contribution in [0.2, 0.25) is 0 Å². The van der Waals surface area contributed by atoms with Crippen LogP contribution in [0.25, 0.3) is 0 Å². The zero-order chi connectivity index (χ0) is 21.4. The monoisotopic (exact) mass is 438 g/mol. The summed E-state index contributed by atoms with van der Waals surface area (Å²) >= 11 is 1.40. The topological polar surface area (TPSA) is 76.9 Å². The molecule has 1 N–H and O–H groups in total. The fourth-order valence-corrected chi connectivity index (χ4v) is 7.36. The highest BCUT2D eigenvalue weighted by Crippen LogP contribution is 2.60. The molecule has 1 aromatic carbocycles. The number of carbonyl (C=O) groups excluding carboxylic acids is 2. The van der Waals surface area contributed by atoms with Gasteiger partial charge in [-0.25, -0.2) is 0 Å². The molecule has 164 valence electrons. The van der Waals surface area contributed by atoms with Gasteiger partial charge in [-0.1, -0.05) is 42.1 Å². The zero-order valence-electron chi connectivity index (χ0n) is 18.0. The SMILES string of the molecule is CCn1c(CNC(=O)C23CC4CC(CC(C4)C2)C3)nnc1SCC(=O)c1ccccc1. The lowest BCUT2D eigenvalue weighted by atomic mass is 9.49. The maximum atomic E-state index is 13.2. The second-order valence-electron chi connectivity index (χ2n) is 9.60. The van der Waals surface area contributed by atoms with Crippen LogP contribution in [0.3, 0.4) is 0 Å². The van der Waals surface area contributed by atoms with Crippen LogP contribution in [0.15, 0.2) is 35.5 Å². The summed E-state index contributed by atoms with van der Waals surface area (Å²) in [7, 11) is 0. The van der Waals surface area contributed by atoms with E-state index in [-0.39, 0.29) is 17.1 Å². The van der Waals surface area contributed by atoms with E-state index < -0.39 is 0 Å².